The lowest BCUT2D eigenvalue weighted by Gasteiger charge is -2.29. The minimum absolute atomic E-state index is 0.0867. The maximum Gasteiger partial charge on any atom is 0.348 e. The van der Waals surface area contributed by atoms with E-state index in [9.17, 15) is 14.7 Å². The molecule has 1 N–H and O–H groups in total. The lowest BCUT2D eigenvalue weighted by atomic mass is 10.1. The van der Waals surface area contributed by atoms with Crippen LogP contribution in [0.2, 0.25) is 0 Å². The van der Waals surface area contributed by atoms with Crippen LogP contribution in [-0.2, 0) is 19.1 Å². The van der Waals surface area contributed by atoms with E-state index in [1.807, 2.05) is 6.92 Å². The zero-order valence-electron chi connectivity index (χ0n) is 12.0. The first-order valence-corrected chi connectivity index (χ1v) is 6.46. The average Bonchev–Trinajstić information content (AvgIpc) is 2.36. The van der Waals surface area contributed by atoms with Crippen molar-refractivity contribution in [1.29, 1.82) is 0 Å². The van der Waals surface area contributed by atoms with Crippen LogP contribution in [-0.4, -0.2) is 29.4 Å². The highest BCUT2D eigenvalue weighted by Gasteiger charge is 2.38. The topological polar surface area (TPSA) is 82.1 Å². The fourth-order valence-corrected chi connectivity index (χ4v) is 1.84. The van der Waals surface area contributed by atoms with Crippen LogP contribution < -0.4 is 4.74 Å². The summed E-state index contributed by atoms with van der Waals surface area (Å²) >= 11 is 0. The van der Waals surface area contributed by atoms with Crippen molar-refractivity contribution >= 4 is 18.0 Å². The Hall–Kier alpha value is -2.50. The molecule has 1 aromatic rings. The average molecular weight is 292 g/mol. The molecule has 1 saturated heterocycles. The number of benzene rings is 1. The molecule has 0 radical (unpaired) electrons. The zero-order chi connectivity index (χ0) is 15.6. The van der Waals surface area contributed by atoms with Crippen molar-refractivity contribution in [3.63, 3.8) is 0 Å². The van der Waals surface area contributed by atoms with Crippen LogP contribution in [0.15, 0.2) is 23.8 Å². The Morgan fingerprint density at radius 3 is 2.43 bits per heavy atom. The van der Waals surface area contributed by atoms with E-state index >= 15 is 0 Å². The molecule has 1 aliphatic heterocycles. The van der Waals surface area contributed by atoms with E-state index in [4.69, 9.17) is 14.2 Å². The number of carbonyl (C=O) groups is 2. The predicted octanol–water partition coefficient (Wildman–Crippen LogP) is 2.01. The number of phenolic OH excluding ortho intramolecular Hbond substituents is 1. The largest absolute Gasteiger partial charge is 0.507 e. The van der Waals surface area contributed by atoms with Crippen molar-refractivity contribution in [2.75, 3.05) is 6.61 Å². The van der Waals surface area contributed by atoms with Gasteiger partial charge >= 0.3 is 11.9 Å². The number of carbonyl (C=O) groups excluding carboxylic acids is 2. The summed E-state index contributed by atoms with van der Waals surface area (Å²) in [6.07, 6.45) is 1.22. The maximum absolute atomic E-state index is 11.8. The Kier molecular flexibility index (Phi) is 3.88. The number of esters is 2. The number of ether oxygens (including phenoxy) is 3. The summed E-state index contributed by atoms with van der Waals surface area (Å²) < 4.78 is 15.3. The minimum atomic E-state index is -1.29. The fourth-order valence-electron chi connectivity index (χ4n) is 1.84. The van der Waals surface area contributed by atoms with Crippen LogP contribution >= 0.6 is 0 Å². The molecule has 0 atom stereocenters. The van der Waals surface area contributed by atoms with Gasteiger partial charge in [0, 0.05) is 19.4 Å². The third-order valence-electron chi connectivity index (χ3n) is 2.73. The predicted molar refractivity (Wildman–Crippen MR) is 73.5 cm³/mol. The van der Waals surface area contributed by atoms with Gasteiger partial charge in [-0.1, -0.05) is 0 Å². The highest BCUT2D eigenvalue weighted by molar-refractivity contribution is 6.19. The molecule has 0 bridgehead atoms. The molecule has 1 aromatic carbocycles. The molecule has 2 rings (SSSR count). The molecule has 0 saturated carbocycles. The van der Waals surface area contributed by atoms with E-state index in [1.54, 1.807) is 6.07 Å². The van der Waals surface area contributed by atoms with Gasteiger partial charge < -0.3 is 19.3 Å². The molecule has 0 spiro atoms. The summed E-state index contributed by atoms with van der Waals surface area (Å²) in [7, 11) is 0. The van der Waals surface area contributed by atoms with E-state index < -0.39 is 17.7 Å². The SMILES string of the molecule is CCOc1ccc(O)c(C=C2C(=O)OC(C)(C)OC2=O)c1. The molecule has 112 valence electrons. The van der Waals surface area contributed by atoms with Crippen LogP contribution in [0.1, 0.15) is 26.3 Å². The fraction of sp³-hybridized carbons (Fsp3) is 0.333. The summed E-state index contributed by atoms with van der Waals surface area (Å²) in [6, 6.07) is 4.52. The summed E-state index contributed by atoms with van der Waals surface area (Å²) in [5.41, 5.74) is -0.0113. The Bertz CT molecular complexity index is 593. The standard InChI is InChI=1S/C15H16O6/c1-4-19-10-5-6-12(16)9(7-10)8-11-13(17)20-15(2,3)21-14(11)18/h5-8,16H,4H2,1-3H3. The van der Waals surface area contributed by atoms with Gasteiger partial charge in [0.05, 0.1) is 6.61 Å². The van der Waals surface area contributed by atoms with E-state index in [0.29, 0.717) is 12.4 Å². The Balaban J connectivity index is 2.37. The first kappa shape index (κ1) is 14.9. The van der Waals surface area contributed by atoms with Gasteiger partial charge in [0.2, 0.25) is 0 Å². The Labute approximate surface area is 121 Å². The summed E-state index contributed by atoms with van der Waals surface area (Å²) in [5.74, 6) is -2.45. The second kappa shape index (κ2) is 5.47. The van der Waals surface area contributed by atoms with E-state index in [0.717, 1.165) is 0 Å². The summed E-state index contributed by atoms with van der Waals surface area (Å²) in [5, 5.41) is 9.80. The lowest BCUT2D eigenvalue weighted by molar-refractivity contribution is -0.222. The van der Waals surface area contributed by atoms with Gasteiger partial charge in [0.15, 0.2) is 0 Å². The normalized spacial score (nSPS) is 17.0. The summed E-state index contributed by atoms with van der Waals surface area (Å²) in [4.78, 5) is 23.7. The molecule has 0 aliphatic carbocycles. The Morgan fingerprint density at radius 1 is 1.24 bits per heavy atom. The molecule has 0 amide bonds. The third kappa shape index (κ3) is 3.34. The molecule has 6 heteroatoms. The molecule has 6 nitrogen and oxygen atoms in total. The van der Waals surface area contributed by atoms with Crippen molar-refractivity contribution in [3.05, 3.63) is 29.3 Å². The minimum Gasteiger partial charge on any atom is -0.507 e. The molecular weight excluding hydrogens is 276 g/mol. The van der Waals surface area contributed by atoms with Crippen molar-refractivity contribution in [2.45, 2.75) is 26.6 Å². The maximum atomic E-state index is 11.8. The van der Waals surface area contributed by atoms with Crippen LogP contribution in [0, 0.1) is 0 Å². The molecule has 1 aliphatic rings. The van der Waals surface area contributed by atoms with Gasteiger partial charge in [0.25, 0.3) is 5.79 Å². The van der Waals surface area contributed by atoms with Crippen molar-refractivity contribution in [2.24, 2.45) is 0 Å². The number of hydrogen-bond acceptors (Lipinski definition) is 6. The molecular formula is C15H16O6. The first-order valence-electron chi connectivity index (χ1n) is 6.46. The summed E-state index contributed by atoms with van der Waals surface area (Å²) in [6.45, 7) is 5.21. The highest BCUT2D eigenvalue weighted by Crippen LogP contribution is 2.29. The van der Waals surface area contributed by atoms with Gasteiger partial charge in [-0.2, -0.15) is 0 Å². The van der Waals surface area contributed by atoms with Crippen LogP contribution in [0.4, 0.5) is 0 Å². The number of cyclic esters (lactones) is 2. The van der Waals surface area contributed by atoms with Gasteiger partial charge in [-0.25, -0.2) is 9.59 Å². The molecule has 1 fully saturated rings. The van der Waals surface area contributed by atoms with Crippen LogP contribution in [0.3, 0.4) is 0 Å². The third-order valence-corrected chi connectivity index (χ3v) is 2.73. The van der Waals surface area contributed by atoms with Gasteiger partial charge in [-0.05, 0) is 31.2 Å². The second-order valence-electron chi connectivity index (χ2n) is 4.89. The number of aromatic hydroxyl groups is 1. The van der Waals surface area contributed by atoms with E-state index in [-0.39, 0.29) is 16.9 Å². The molecule has 21 heavy (non-hydrogen) atoms. The van der Waals surface area contributed by atoms with Crippen molar-refractivity contribution < 1.29 is 28.9 Å². The second-order valence-corrected chi connectivity index (χ2v) is 4.89. The monoisotopic (exact) mass is 292 g/mol. The van der Waals surface area contributed by atoms with Crippen molar-refractivity contribution in [3.8, 4) is 11.5 Å². The quantitative estimate of drug-likeness (QED) is 0.521. The van der Waals surface area contributed by atoms with E-state index in [1.165, 1.54) is 32.1 Å². The number of hydrogen-bond donors (Lipinski definition) is 1. The van der Waals surface area contributed by atoms with Crippen molar-refractivity contribution in [1.82, 2.24) is 0 Å². The van der Waals surface area contributed by atoms with Gasteiger partial charge in [0.1, 0.15) is 17.1 Å². The molecule has 0 unspecified atom stereocenters. The van der Waals surface area contributed by atoms with Crippen LogP contribution in [0.5, 0.6) is 11.5 Å². The lowest BCUT2D eigenvalue weighted by Crippen LogP contribution is -2.41. The number of rotatable bonds is 3. The van der Waals surface area contributed by atoms with E-state index in [2.05, 4.69) is 0 Å². The first-order chi connectivity index (χ1) is 9.82. The van der Waals surface area contributed by atoms with Gasteiger partial charge in [-0.15, -0.1) is 0 Å². The molecule has 0 aromatic heterocycles. The van der Waals surface area contributed by atoms with Gasteiger partial charge in [-0.3, -0.25) is 0 Å². The van der Waals surface area contributed by atoms with Crippen LogP contribution in [0.25, 0.3) is 6.08 Å². The Morgan fingerprint density at radius 2 is 1.86 bits per heavy atom. The smallest absolute Gasteiger partial charge is 0.348 e. The number of phenols is 1. The zero-order valence-corrected chi connectivity index (χ0v) is 12.0. The highest BCUT2D eigenvalue weighted by atomic mass is 16.7. The molecule has 1 heterocycles.